The zero-order valence-corrected chi connectivity index (χ0v) is 14.2. The highest BCUT2D eigenvalue weighted by molar-refractivity contribution is 7.89. The monoisotopic (exact) mass is 347 g/mol. The number of aliphatic hydroxyl groups excluding tert-OH is 1. The lowest BCUT2D eigenvalue weighted by Crippen LogP contribution is -2.43. The van der Waals surface area contributed by atoms with Gasteiger partial charge in [0, 0.05) is 11.6 Å². The van der Waals surface area contributed by atoms with Gasteiger partial charge in [-0.05, 0) is 37.5 Å². The lowest BCUT2D eigenvalue weighted by molar-refractivity contribution is -0.0492. The Morgan fingerprint density at radius 3 is 2.68 bits per heavy atom. The predicted octanol–water partition coefficient (Wildman–Crippen LogP) is 2.25. The third-order valence-corrected chi connectivity index (χ3v) is 6.06. The molecule has 1 saturated carbocycles. The number of sulfonamides is 1. The Hall–Kier alpha value is -0.660. The van der Waals surface area contributed by atoms with Crippen molar-refractivity contribution in [3.8, 4) is 0 Å². The maximum Gasteiger partial charge on any atom is 0.240 e. The molecule has 0 saturated heterocycles. The summed E-state index contributed by atoms with van der Waals surface area (Å²) in [6.07, 6.45) is 3.60. The molecule has 2 rings (SSSR count). The van der Waals surface area contributed by atoms with Crippen molar-refractivity contribution in [2.24, 2.45) is 0 Å². The molecule has 1 aliphatic carbocycles. The molecule has 5 nitrogen and oxygen atoms in total. The van der Waals surface area contributed by atoms with Gasteiger partial charge in [0.05, 0.1) is 23.7 Å². The second-order valence-electron chi connectivity index (χ2n) is 5.65. The molecule has 22 heavy (non-hydrogen) atoms. The van der Waals surface area contributed by atoms with Gasteiger partial charge in [-0.25, -0.2) is 13.1 Å². The Kier molecular flexibility index (Phi) is 5.85. The van der Waals surface area contributed by atoms with Crippen LogP contribution in [-0.2, 0) is 14.8 Å². The van der Waals surface area contributed by atoms with Gasteiger partial charge >= 0.3 is 0 Å². The topological polar surface area (TPSA) is 75.6 Å². The Bertz CT molecular complexity index is 612. The molecule has 124 valence electrons. The molecule has 0 atom stereocenters. The lowest BCUT2D eigenvalue weighted by atomic mass is 10.0. The van der Waals surface area contributed by atoms with E-state index in [9.17, 15) is 8.42 Å². The first-order valence-corrected chi connectivity index (χ1v) is 9.26. The van der Waals surface area contributed by atoms with E-state index in [2.05, 4.69) is 4.72 Å². The Balaban J connectivity index is 2.13. The van der Waals surface area contributed by atoms with Crippen LogP contribution in [0.1, 0.15) is 31.2 Å². The second-order valence-corrected chi connectivity index (χ2v) is 7.79. The number of rotatable bonds is 7. The van der Waals surface area contributed by atoms with E-state index in [1.54, 1.807) is 25.1 Å². The van der Waals surface area contributed by atoms with Gasteiger partial charge in [-0.15, -0.1) is 0 Å². The van der Waals surface area contributed by atoms with Gasteiger partial charge in [-0.1, -0.05) is 30.5 Å². The molecule has 1 aromatic carbocycles. The van der Waals surface area contributed by atoms with E-state index >= 15 is 0 Å². The van der Waals surface area contributed by atoms with Crippen LogP contribution < -0.4 is 4.72 Å². The van der Waals surface area contributed by atoms with Crippen LogP contribution in [0.3, 0.4) is 0 Å². The number of hydrogen-bond acceptors (Lipinski definition) is 4. The minimum absolute atomic E-state index is 0.0676. The molecule has 0 bridgehead atoms. The van der Waals surface area contributed by atoms with Crippen LogP contribution in [0.4, 0.5) is 0 Å². The number of halogens is 1. The van der Waals surface area contributed by atoms with Crippen LogP contribution in [0.2, 0.25) is 5.02 Å². The quantitative estimate of drug-likeness (QED) is 0.793. The largest absolute Gasteiger partial charge is 0.394 e. The predicted molar refractivity (Wildman–Crippen MR) is 85.6 cm³/mol. The van der Waals surface area contributed by atoms with Crippen molar-refractivity contribution < 1.29 is 18.3 Å². The van der Waals surface area contributed by atoms with Crippen molar-refractivity contribution in [3.05, 3.63) is 28.8 Å². The summed E-state index contributed by atoms with van der Waals surface area (Å²) in [7, 11) is -3.64. The van der Waals surface area contributed by atoms with Crippen molar-refractivity contribution >= 4 is 21.6 Å². The van der Waals surface area contributed by atoms with E-state index in [4.69, 9.17) is 21.4 Å². The second kappa shape index (κ2) is 7.27. The van der Waals surface area contributed by atoms with Crippen molar-refractivity contribution in [1.82, 2.24) is 4.72 Å². The molecular weight excluding hydrogens is 326 g/mol. The Labute approximate surface area is 136 Å². The molecule has 0 radical (unpaired) electrons. The van der Waals surface area contributed by atoms with Crippen molar-refractivity contribution in [3.63, 3.8) is 0 Å². The van der Waals surface area contributed by atoms with Crippen molar-refractivity contribution in [2.45, 2.75) is 43.1 Å². The first kappa shape index (κ1) is 17.7. The maximum atomic E-state index is 12.5. The summed E-state index contributed by atoms with van der Waals surface area (Å²) in [5, 5.41) is 9.36. The van der Waals surface area contributed by atoms with Gasteiger partial charge < -0.3 is 9.84 Å². The Morgan fingerprint density at radius 2 is 2.05 bits per heavy atom. The molecule has 2 N–H and O–H groups in total. The molecule has 7 heteroatoms. The fraction of sp³-hybridized carbons (Fsp3) is 0.600. The standard InChI is InChI=1S/C15H22ClNO4S/c1-12-13(16)5-4-6-14(12)22(19,20)17-11-15(21-10-9-18)7-2-3-8-15/h4-6,17-18H,2-3,7-11H2,1H3. The van der Waals surface area contributed by atoms with Crippen LogP contribution in [0.5, 0.6) is 0 Å². The van der Waals surface area contributed by atoms with Gasteiger partial charge in [0.15, 0.2) is 0 Å². The zero-order chi connectivity index (χ0) is 16.2. The van der Waals surface area contributed by atoms with Gasteiger partial charge in [-0.2, -0.15) is 0 Å². The maximum absolute atomic E-state index is 12.5. The molecule has 0 aromatic heterocycles. The SMILES string of the molecule is Cc1c(Cl)cccc1S(=O)(=O)NCC1(OCCO)CCCC1. The lowest BCUT2D eigenvalue weighted by Gasteiger charge is -2.29. The van der Waals surface area contributed by atoms with E-state index in [1.165, 1.54) is 0 Å². The molecule has 0 aliphatic heterocycles. The first-order chi connectivity index (χ1) is 10.4. The van der Waals surface area contributed by atoms with Gasteiger partial charge in [0.1, 0.15) is 0 Å². The molecule has 0 unspecified atom stereocenters. The summed E-state index contributed by atoms with van der Waals surface area (Å²) in [4.78, 5) is 0.190. The molecule has 1 fully saturated rings. The smallest absolute Gasteiger partial charge is 0.240 e. The average Bonchev–Trinajstić information content (AvgIpc) is 2.95. The van der Waals surface area contributed by atoms with E-state index < -0.39 is 15.6 Å². The normalized spacial score (nSPS) is 17.8. The third-order valence-electron chi connectivity index (χ3n) is 4.11. The van der Waals surface area contributed by atoms with Gasteiger partial charge in [0.2, 0.25) is 10.0 Å². The summed E-state index contributed by atoms with van der Waals surface area (Å²) in [6.45, 7) is 2.05. The fourth-order valence-corrected chi connectivity index (χ4v) is 4.45. The molecule has 0 spiro atoms. The number of aliphatic hydroxyl groups is 1. The van der Waals surface area contributed by atoms with Gasteiger partial charge in [-0.3, -0.25) is 0 Å². The summed E-state index contributed by atoms with van der Waals surface area (Å²) < 4.78 is 33.4. The Morgan fingerprint density at radius 1 is 1.36 bits per heavy atom. The minimum Gasteiger partial charge on any atom is -0.394 e. The molecular formula is C15H22ClNO4S. The molecule has 0 amide bonds. The summed E-state index contributed by atoms with van der Waals surface area (Å²) in [6, 6.07) is 4.83. The summed E-state index contributed by atoms with van der Waals surface area (Å²) in [5.41, 5.74) is 0.0239. The number of hydrogen-bond donors (Lipinski definition) is 2. The van der Waals surface area contributed by atoms with E-state index in [0.29, 0.717) is 10.6 Å². The van der Waals surface area contributed by atoms with Crippen LogP contribution in [0.25, 0.3) is 0 Å². The average molecular weight is 348 g/mol. The summed E-state index contributed by atoms with van der Waals surface area (Å²) in [5.74, 6) is 0. The highest BCUT2D eigenvalue weighted by Crippen LogP contribution is 2.33. The highest BCUT2D eigenvalue weighted by Gasteiger charge is 2.36. The zero-order valence-electron chi connectivity index (χ0n) is 12.6. The number of ether oxygens (including phenoxy) is 1. The van der Waals surface area contributed by atoms with Crippen molar-refractivity contribution in [1.29, 1.82) is 0 Å². The van der Waals surface area contributed by atoms with Crippen LogP contribution in [0, 0.1) is 6.92 Å². The fourth-order valence-electron chi connectivity index (χ4n) is 2.84. The van der Waals surface area contributed by atoms with Crippen LogP contribution in [0.15, 0.2) is 23.1 Å². The molecule has 1 aliphatic rings. The third kappa shape index (κ3) is 4.00. The number of benzene rings is 1. The molecule has 0 heterocycles. The van der Waals surface area contributed by atoms with E-state index in [1.807, 2.05) is 0 Å². The van der Waals surface area contributed by atoms with Gasteiger partial charge in [0.25, 0.3) is 0 Å². The first-order valence-electron chi connectivity index (χ1n) is 7.40. The van der Waals surface area contributed by atoms with E-state index in [0.717, 1.165) is 25.7 Å². The highest BCUT2D eigenvalue weighted by atomic mass is 35.5. The van der Waals surface area contributed by atoms with Crippen LogP contribution in [-0.4, -0.2) is 38.9 Å². The summed E-state index contributed by atoms with van der Waals surface area (Å²) >= 11 is 6.00. The van der Waals surface area contributed by atoms with E-state index in [-0.39, 0.29) is 24.7 Å². The number of nitrogens with one attached hydrogen (secondary N) is 1. The molecule has 1 aromatic rings. The minimum atomic E-state index is -3.64. The van der Waals surface area contributed by atoms with Crippen molar-refractivity contribution in [2.75, 3.05) is 19.8 Å². The van der Waals surface area contributed by atoms with Crippen LogP contribution >= 0.6 is 11.6 Å².